The Labute approximate surface area is 110 Å². The fourth-order valence-electron chi connectivity index (χ4n) is 1.78. The number of hydrogen-bond acceptors (Lipinski definition) is 3. The summed E-state index contributed by atoms with van der Waals surface area (Å²) in [5.74, 6) is 0.926. The van der Waals surface area contributed by atoms with Crippen LogP contribution in [0.5, 0.6) is 5.75 Å². The molecule has 0 heterocycles. The minimum Gasteiger partial charge on any atom is -0.496 e. The van der Waals surface area contributed by atoms with Crippen LogP contribution in [0.4, 0.5) is 0 Å². The highest BCUT2D eigenvalue weighted by Gasteiger charge is 2.15. The zero-order chi connectivity index (χ0) is 13.8. The molecule has 0 unspecified atom stereocenters. The lowest BCUT2D eigenvalue weighted by atomic mass is 10.0. The van der Waals surface area contributed by atoms with Gasteiger partial charge in [-0.05, 0) is 56.9 Å². The minimum absolute atomic E-state index is 0.479. The number of hydrogen-bond donors (Lipinski definition) is 1. The highest BCUT2D eigenvalue weighted by Crippen LogP contribution is 2.23. The lowest BCUT2D eigenvalue weighted by Gasteiger charge is -2.18. The van der Waals surface area contributed by atoms with Crippen molar-refractivity contribution in [3.63, 3.8) is 0 Å². The molecule has 0 aliphatic carbocycles. The Kier molecular flexibility index (Phi) is 4.75. The summed E-state index contributed by atoms with van der Waals surface area (Å²) < 4.78 is 5.40. The molecule has 3 nitrogen and oxygen atoms in total. The second-order valence-corrected chi connectivity index (χ2v) is 5.16. The molecular formula is C15H22N2O. The molecule has 18 heavy (non-hydrogen) atoms. The van der Waals surface area contributed by atoms with Crippen molar-refractivity contribution >= 4 is 0 Å². The first-order valence-corrected chi connectivity index (χ1v) is 6.20. The molecule has 0 fully saturated rings. The van der Waals surface area contributed by atoms with Gasteiger partial charge in [0.1, 0.15) is 11.3 Å². The van der Waals surface area contributed by atoms with Gasteiger partial charge in [-0.2, -0.15) is 5.26 Å². The second kappa shape index (κ2) is 5.88. The highest BCUT2D eigenvalue weighted by atomic mass is 16.5. The van der Waals surface area contributed by atoms with E-state index in [4.69, 9.17) is 10.00 Å². The van der Waals surface area contributed by atoms with E-state index in [0.29, 0.717) is 0 Å². The Morgan fingerprint density at radius 2 is 1.89 bits per heavy atom. The van der Waals surface area contributed by atoms with Gasteiger partial charge in [0.2, 0.25) is 0 Å². The van der Waals surface area contributed by atoms with Gasteiger partial charge in [0.15, 0.2) is 0 Å². The number of nitrogens with zero attached hydrogens (tertiary/aromatic N) is 1. The van der Waals surface area contributed by atoms with Gasteiger partial charge in [-0.3, -0.25) is 5.32 Å². The van der Waals surface area contributed by atoms with Crippen molar-refractivity contribution in [2.24, 2.45) is 0 Å². The summed E-state index contributed by atoms with van der Waals surface area (Å²) in [6, 6.07) is 6.47. The van der Waals surface area contributed by atoms with Gasteiger partial charge in [-0.15, -0.1) is 0 Å². The first-order valence-electron chi connectivity index (χ1n) is 6.20. The molecule has 0 bridgehead atoms. The Hall–Kier alpha value is -1.53. The van der Waals surface area contributed by atoms with Crippen LogP contribution in [0.2, 0.25) is 0 Å². The highest BCUT2D eigenvalue weighted by molar-refractivity contribution is 5.41. The molecule has 1 aromatic rings. The molecule has 3 heteroatoms. The third-order valence-corrected chi connectivity index (χ3v) is 3.14. The van der Waals surface area contributed by atoms with E-state index in [1.54, 1.807) is 7.11 Å². The first-order chi connectivity index (χ1) is 8.39. The molecule has 1 N–H and O–H groups in total. The molecule has 1 rings (SSSR count). The lowest BCUT2D eigenvalue weighted by molar-refractivity contribution is 0.407. The maximum absolute atomic E-state index is 8.94. The zero-order valence-electron chi connectivity index (χ0n) is 11.9. The summed E-state index contributed by atoms with van der Waals surface area (Å²) in [6.45, 7) is 8.71. The molecule has 0 amide bonds. The predicted octanol–water partition coefficient (Wildman–Crippen LogP) is 2.75. The fraction of sp³-hybridized carbons (Fsp3) is 0.533. The maximum atomic E-state index is 8.94. The SMILES string of the molecule is COc1cc(C)c(C)cc1CCNC(C)(C)C#N. The number of methoxy groups -OCH3 is 1. The van der Waals surface area contributed by atoms with E-state index in [-0.39, 0.29) is 0 Å². The molecule has 0 saturated carbocycles. The van der Waals surface area contributed by atoms with Crippen LogP contribution in [0, 0.1) is 25.2 Å². The Balaban J connectivity index is 2.74. The van der Waals surface area contributed by atoms with Crippen molar-refractivity contribution in [3.05, 3.63) is 28.8 Å². The molecular weight excluding hydrogens is 224 g/mol. The van der Waals surface area contributed by atoms with Crippen molar-refractivity contribution in [3.8, 4) is 11.8 Å². The van der Waals surface area contributed by atoms with E-state index in [1.165, 1.54) is 16.7 Å². The van der Waals surface area contributed by atoms with Crippen LogP contribution < -0.4 is 10.1 Å². The topological polar surface area (TPSA) is 45.0 Å². The lowest BCUT2D eigenvalue weighted by Crippen LogP contribution is -2.38. The second-order valence-electron chi connectivity index (χ2n) is 5.16. The molecule has 0 aliphatic rings. The van der Waals surface area contributed by atoms with Crippen molar-refractivity contribution in [2.45, 2.75) is 39.7 Å². The summed E-state index contributed by atoms with van der Waals surface area (Å²) in [6.07, 6.45) is 0.857. The Morgan fingerprint density at radius 3 is 2.44 bits per heavy atom. The molecule has 0 radical (unpaired) electrons. The third kappa shape index (κ3) is 3.75. The van der Waals surface area contributed by atoms with E-state index >= 15 is 0 Å². The zero-order valence-corrected chi connectivity index (χ0v) is 11.9. The summed E-state index contributed by atoms with van der Waals surface area (Å²) in [7, 11) is 1.69. The minimum atomic E-state index is -0.479. The largest absolute Gasteiger partial charge is 0.496 e. The van der Waals surface area contributed by atoms with Crippen LogP contribution in [0.1, 0.15) is 30.5 Å². The normalized spacial score (nSPS) is 11.1. The van der Waals surface area contributed by atoms with Gasteiger partial charge in [0.25, 0.3) is 0 Å². The number of rotatable bonds is 5. The van der Waals surface area contributed by atoms with Crippen molar-refractivity contribution in [1.29, 1.82) is 5.26 Å². The van der Waals surface area contributed by atoms with Crippen LogP contribution in [-0.4, -0.2) is 19.2 Å². The summed E-state index contributed by atoms with van der Waals surface area (Å²) in [5, 5.41) is 12.2. The van der Waals surface area contributed by atoms with E-state index in [0.717, 1.165) is 18.7 Å². The van der Waals surface area contributed by atoms with Crippen LogP contribution in [0.3, 0.4) is 0 Å². The molecule has 0 saturated heterocycles. The Morgan fingerprint density at radius 1 is 1.28 bits per heavy atom. The molecule has 0 aromatic heterocycles. The van der Waals surface area contributed by atoms with Crippen LogP contribution in [0.25, 0.3) is 0 Å². The first kappa shape index (κ1) is 14.5. The van der Waals surface area contributed by atoms with E-state index in [9.17, 15) is 0 Å². The van der Waals surface area contributed by atoms with Gasteiger partial charge < -0.3 is 4.74 Å². The molecule has 1 aromatic carbocycles. The van der Waals surface area contributed by atoms with Crippen molar-refractivity contribution in [1.82, 2.24) is 5.32 Å². The standard InChI is InChI=1S/C15H22N2O/c1-11-8-13(14(18-5)9-12(11)2)6-7-17-15(3,4)10-16/h8-9,17H,6-7H2,1-5H3. The number of benzene rings is 1. The van der Waals surface area contributed by atoms with Crippen LogP contribution in [0.15, 0.2) is 12.1 Å². The number of aryl methyl sites for hydroxylation is 2. The van der Waals surface area contributed by atoms with E-state index in [1.807, 2.05) is 13.8 Å². The van der Waals surface area contributed by atoms with E-state index < -0.39 is 5.54 Å². The average molecular weight is 246 g/mol. The third-order valence-electron chi connectivity index (χ3n) is 3.14. The number of ether oxygens (including phenoxy) is 1. The average Bonchev–Trinajstić information content (AvgIpc) is 2.33. The molecule has 0 spiro atoms. The quantitative estimate of drug-likeness (QED) is 0.869. The van der Waals surface area contributed by atoms with Gasteiger partial charge in [0.05, 0.1) is 13.2 Å². The van der Waals surface area contributed by atoms with Crippen molar-refractivity contribution < 1.29 is 4.74 Å². The van der Waals surface area contributed by atoms with Gasteiger partial charge in [0, 0.05) is 6.54 Å². The fourth-order valence-corrected chi connectivity index (χ4v) is 1.78. The monoisotopic (exact) mass is 246 g/mol. The summed E-state index contributed by atoms with van der Waals surface area (Å²) in [5.41, 5.74) is 3.21. The van der Waals surface area contributed by atoms with E-state index in [2.05, 4.69) is 37.4 Å². The summed E-state index contributed by atoms with van der Waals surface area (Å²) in [4.78, 5) is 0. The van der Waals surface area contributed by atoms with Gasteiger partial charge in [-0.25, -0.2) is 0 Å². The number of nitrogens with one attached hydrogen (secondary N) is 1. The van der Waals surface area contributed by atoms with Crippen molar-refractivity contribution in [2.75, 3.05) is 13.7 Å². The van der Waals surface area contributed by atoms with Gasteiger partial charge in [-0.1, -0.05) is 6.07 Å². The van der Waals surface area contributed by atoms with Gasteiger partial charge >= 0.3 is 0 Å². The summed E-state index contributed by atoms with van der Waals surface area (Å²) >= 11 is 0. The smallest absolute Gasteiger partial charge is 0.122 e. The molecule has 98 valence electrons. The van der Waals surface area contributed by atoms with Crippen LogP contribution >= 0.6 is 0 Å². The van der Waals surface area contributed by atoms with Crippen LogP contribution in [-0.2, 0) is 6.42 Å². The molecule has 0 atom stereocenters. The Bertz CT molecular complexity index is 458. The number of nitriles is 1. The predicted molar refractivity (Wildman–Crippen MR) is 73.9 cm³/mol. The maximum Gasteiger partial charge on any atom is 0.122 e. The molecule has 0 aliphatic heterocycles.